The molecule has 0 bridgehead atoms. The fourth-order valence-electron chi connectivity index (χ4n) is 4.07. The van der Waals surface area contributed by atoms with Crippen LogP contribution in [0.25, 0.3) is 0 Å². The summed E-state index contributed by atoms with van der Waals surface area (Å²) in [5.41, 5.74) is 2.21. The van der Waals surface area contributed by atoms with Crippen LogP contribution in [0, 0.1) is 0 Å². The highest BCUT2D eigenvalue weighted by Crippen LogP contribution is 2.41. The summed E-state index contributed by atoms with van der Waals surface area (Å²) in [6.07, 6.45) is 2.26. The van der Waals surface area contributed by atoms with E-state index in [1.54, 1.807) is 43.5 Å². The second-order valence-corrected chi connectivity index (χ2v) is 9.53. The van der Waals surface area contributed by atoms with E-state index in [-0.39, 0.29) is 5.78 Å². The predicted molar refractivity (Wildman–Crippen MR) is 136 cm³/mol. The molecule has 3 aromatic rings. The number of carbonyl (C=O) groups excluding carboxylic acids is 1. The molecule has 35 heavy (non-hydrogen) atoms. The summed E-state index contributed by atoms with van der Waals surface area (Å²) in [6.45, 7) is 0.316. The van der Waals surface area contributed by atoms with Crippen molar-refractivity contribution in [1.29, 1.82) is 0 Å². The third kappa shape index (κ3) is 5.97. The summed E-state index contributed by atoms with van der Waals surface area (Å²) in [5.74, 6) is 0.617. The van der Waals surface area contributed by atoms with Crippen molar-refractivity contribution in [3.8, 4) is 23.0 Å². The Morgan fingerprint density at radius 2 is 1.89 bits per heavy atom. The molecule has 3 aromatic carbocycles. The van der Waals surface area contributed by atoms with E-state index in [2.05, 4.69) is 15.9 Å². The van der Waals surface area contributed by atoms with E-state index in [0.717, 1.165) is 22.2 Å². The molecule has 4 rings (SSSR count). The molecule has 0 aromatic heterocycles. The first-order chi connectivity index (χ1) is 16.9. The lowest BCUT2D eigenvalue weighted by molar-refractivity contribution is -0.139. The first-order valence-electron chi connectivity index (χ1n) is 11.2. The summed E-state index contributed by atoms with van der Waals surface area (Å²) < 4.78 is 17.9. The third-order valence-electron chi connectivity index (χ3n) is 5.91. The Hall–Kier alpha value is -3.03. The first kappa shape index (κ1) is 25.1. The average Bonchev–Trinajstić information content (AvgIpc) is 2.85. The van der Waals surface area contributed by atoms with Gasteiger partial charge in [-0.2, -0.15) is 0 Å². The topological polar surface area (TPSA) is 82.1 Å². The van der Waals surface area contributed by atoms with Crippen LogP contribution in [-0.4, -0.2) is 30.6 Å². The molecule has 0 radical (unpaired) electrons. The Kier molecular flexibility index (Phi) is 7.98. The van der Waals surface area contributed by atoms with Crippen LogP contribution in [0.4, 0.5) is 0 Å². The van der Waals surface area contributed by atoms with Crippen LogP contribution in [0.15, 0.2) is 59.1 Å². The molecule has 1 aliphatic heterocycles. The molecule has 1 unspecified atom stereocenters. The maximum Gasteiger partial charge on any atom is 0.311 e. The standard InChI is InChI=1S/C27H24BrClO6/c1-33-24-13-18(28)8-5-17(24)3-2-4-23(30)16-6-9-19(10-7-16)35-26-15-25-21(14-22(26)29)20(27(31)32)11-12-34-25/h5-10,13-15,20H,2-4,11-12H2,1H3,(H,31,32). The molecule has 1 aliphatic rings. The lowest BCUT2D eigenvalue weighted by Gasteiger charge is -2.24. The number of hydrogen-bond acceptors (Lipinski definition) is 5. The Morgan fingerprint density at radius 1 is 1.11 bits per heavy atom. The number of benzene rings is 3. The Balaban J connectivity index is 1.38. The van der Waals surface area contributed by atoms with Gasteiger partial charge in [-0.05, 0) is 67.3 Å². The predicted octanol–water partition coefficient (Wildman–Crippen LogP) is 7.06. The van der Waals surface area contributed by atoms with E-state index in [9.17, 15) is 14.7 Å². The van der Waals surface area contributed by atoms with Crippen LogP contribution >= 0.6 is 27.5 Å². The SMILES string of the molecule is COc1cc(Br)ccc1CCCC(=O)c1ccc(Oc2cc3c(cc2Cl)C(C(=O)O)CCO3)cc1. The minimum absolute atomic E-state index is 0.0487. The minimum Gasteiger partial charge on any atom is -0.496 e. The normalized spacial score (nSPS) is 14.5. The Labute approximate surface area is 216 Å². The smallest absolute Gasteiger partial charge is 0.311 e. The number of carboxylic acids is 1. The quantitative estimate of drug-likeness (QED) is 0.283. The summed E-state index contributed by atoms with van der Waals surface area (Å²) in [5, 5.41) is 9.73. The van der Waals surface area contributed by atoms with Gasteiger partial charge in [-0.1, -0.05) is 33.6 Å². The zero-order chi connectivity index (χ0) is 24.9. The molecule has 0 amide bonds. The summed E-state index contributed by atoms with van der Waals surface area (Å²) in [7, 11) is 1.64. The van der Waals surface area contributed by atoms with Gasteiger partial charge in [-0.15, -0.1) is 0 Å². The van der Waals surface area contributed by atoms with Crippen molar-refractivity contribution in [1.82, 2.24) is 0 Å². The highest BCUT2D eigenvalue weighted by molar-refractivity contribution is 9.10. The molecule has 0 saturated heterocycles. The number of halogens is 2. The van der Waals surface area contributed by atoms with Crippen LogP contribution in [0.5, 0.6) is 23.0 Å². The second-order valence-electron chi connectivity index (χ2n) is 8.21. The third-order valence-corrected chi connectivity index (χ3v) is 6.69. The molecule has 182 valence electrons. The van der Waals surface area contributed by atoms with Crippen molar-refractivity contribution in [2.24, 2.45) is 0 Å². The molecule has 6 nitrogen and oxygen atoms in total. The van der Waals surface area contributed by atoms with Gasteiger partial charge in [0.25, 0.3) is 0 Å². The number of ketones is 1. The Morgan fingerprint density at radius 3 is 2.60 bits per heavy atom. The number of methoxy groups -OCH3 is 1. The number of carbonyl (C=O) groups is 2. The molecular formula is C27H24BrClO6. The minimum atomic E-state index is -0.907. The number of rotatable bonds is 9. The fraction of sp³-hybridized carbons (Fsp3) is 0.259. The molecule has 8 heteroatoms. The van der Waals surface area contributed by atoms with Crippen molar-refractivity contribution in [3.63, 3.8) is 0 Å². The molecule has 1 N–H and O–H groups in total. The maximum absolute atomic E-state index is 12.6. The lowest BCUT2D eigenvalue weighted by Crippen LogP contribution is -2.20. The maximum atomic E-state index is 12.6. The number of carboxylic acid groups (broad SMARTS) is 1. The zero-order valence-corrected chi connectivity index (χ0v) is 21.4. The molecule has 0 fully saturated rings. The molecule has 0 aliphatic carbocycles. The second kappa shape index (κ2) is 11.1. The van der Waals surface area contributed by atoms with E-state index in [1.165, 1.54) is 0 Å². The van der Waals surface area contributed by atoms with Crippen molar-refractivity contribution >= 4 is 39.3 Å². The van der Waals surface area contributed by atoms with Gasteiger partial charge < -0.3 is 19.3 Å². The molecular weight excluding hydrogens is 536 g/mol. The van der Waals surface area contributed by atoms with Gasteiger partial charge in [0.2, 0.25) is 0 Å². The van der Waals surface area contributed by atoms with Crippen molar-refractivity contribution in [2.45, 2.75) is 31.6 Å². The summed E-state index contributed by atoms with van der Waals surface area (Å²) in [4.78, 5) is 24.2. The van der Waals surface area contributed by atoms with Crippen LogP contribution in [0.2, 0.25) is 5.02 Å². The number of aliphatic carboxylic acids is 1. The summed E-state index contributed by atoms with van der Waals surface area (Å²) in [6, 6.07) is 15.9. The highest BCUT2D eigenvalue weighted by atomic mass is 79.9. The van der Waals surface area contributed by atoms with E-state index in [0.29, 0.717) is 59.3 Å². The number of ether oxygens (including phenoxy) is 3. The largest absolute Gasteiger partial charge is 0.496 e. The van der Waals surface area contributed by atoms with Gasteiger partial charge in [-0.25, -0.2) is 0 Å². The van der Waals surface area contributed by atoms with E-state index in [1.807, 2.05) is 18.2 Å². The van der Waals surface area contributed by atoms with Gasteiger partial charge >= 0.3 is 5.97 Å². The van der Waals surface area contributed by atoms with Crippen LogP contribution in [0.3, 0.4) is 0 Å². The lowest BCUT2D eigenvalue weighted by atomic mass is 9.93. The molecule has 0 spiro atoms. The van der Waals surface area contributed by atoms with Gasteiger partial charge in [-0.3, -0.25) is 9.59 Å². The number of fused-ring (bicyclic) bond motifs is 1. The van der Waals surface area contributed by atoms with Crippen molar-refractivity contribution in [3.05, 3.63) is 80.8 Å². The van der Waals surface area contributed by atoms with Gasteiger partial charge in [0.1, 0.15) is 23.0 Å². The fourth-order valence-corrected chi connectivity index (χ4v) is 4.62. The van der Waals surface area contributed by atoms with E-state index >= 15 is 0 Å². The van der Waals surface area contributed by atoms with Crippen molar-refractivity contribution < 1.29 is 28.9 Å². The number of hydrogen-bond donors (Lipinski definition) is 1. The first-order valence-corrected chi connectivity index (χ1v) is 12.4. The van der Waals surface area contributed by atoms with Gasteiger partial charge in [0.15, 0.2) is 5.78 Å². The van der Waals surface area contributed by atoms with E-state index < -0.39 is 11.9 Å². The average molecular weight is 560 g/mol. The van der Waals surface area contributed by atoms with E-state index in [4.69, 9.17) is 25.8 Å². The monoisotopic (exact) mass is 558 g/mol. The zero-order valence-electron chi connectivity index (χ0n) is 19.1. The van der Waals surface area contributed by atoms with Crippen LogP contribution in [0.1, 0.15) is 46.7 Å². The number of Topliss-reactive ketones (excluding diaryl/α,β-unsaturated/α-hetero) is 1. The van der Waals surface area contributed by atoms with Crippen LogP contribution < -0.4 is 14.2 Å². The van der Waals surface area contributed by atoms with Crippen molar-refractivity contribution in [2.75, 3.05) is 13.7 Å². The number of aryl methyl sites for hydroxylation is 1. The highest BCUT2D eigenvalue weighted by Gasteiger charge is 2.29. The van der Waals surface area contributed by atoms with Gasteiger partial charge in [0, 0.05) is 28.1 Å². The van der Waals surface area contributed by atoms with Crippen LogP contribution in [-0.2, 0) is 11.2 Å². The molecule has 1 heterocycles. The molecule has 1 atom stereocenters. The Bertz CT molecular complexity index is 1240. The summed E-state index contributed by atoms with van der Waals surface area (Å²) >= 11 is 9.80. The molecule has 0 saturated carbocycles. The van der Waals surface area contributed by atoms with Gasteiger partial charge in [0.05, 0.1) is 24.7 Å².